The van der Waals surface area contributed by atoms with Crippen LogP contribution in [0.15, 0.2) is 28.8 Å². The van der Waals surface area contributed by atoms with Gasteiger partial charge in [0, 0.05) is 18.2 Å². The first kappa shape index (κ1) is 15.4. The van der Waals surface area contributed by atoms with E-state index in [-0.39, 0.29) is 11.8 Å². The smallest absolute Gasteiger partial charge is 0.358 e. The van der Waals surface area contributed by atoms with Crippen molar-refractivity contribution in [2.24, 2.45) is 0 Å². The molecule has 2 aromatic rings. The third kappa shape index (κ3) is 3.45. The molecule has 0 bridgehead atoms. The van der Waals surface area contributed by atoms with E-state index < -0.39 is 5.97 Å². The summed E-state index contributed by atoms with van der Waals surface area (Å²) in [5, 5.41) is 12.4. The van der Waals surface area contributed by atoms with Gasteiger partial charge >= 0.3 is 5.97 Å². The highest BCUT2D eigenvalue weighted by atomic mass is 16.5. The predicted octanol–water partition coefficient (Wildman–Crippen LogP) is 2.61. The molecule has 0 radical (unpaired) electrons. The second-order valence-electron chi connectivity index (χ2n) is 5.20. The minimum Gasteiger partial charge on any atom is -0.493 e. The van der Waals surface area contributed by atoms with E-state index in [1.165, 1.54) is 6.07 Å². The Kier molecular flexibility index (Phi) is 4.47. The highest BCUT2D eigenvalue weighted by Crippen LogP contribution is 2.34. The first-order valence-corrected chi connectivity index (χ1v) is 7.30. The Balaban J connectivity index is 1.86. The van der Waals surface area contributed by atoms with Crippen LogP contribution in [0.5, 0.6) is 11.5 Å². The Labute approximate surface area is 132 Å². The lowest BCUT2D eigenvalue weighted by Crippen LogP contribution is -2.28. The summed E-state index contributed by atoms with van der Waals surface area (Å²) in [7, 11) is 1.57. The molecule has 0 spiro atoms. The fourth-order valence-electron chi connectivity index (χ4n) is 2.42. The summed E-state index contributed by atoms with van der Waals surface area (Å²) in [4.78, 5) is 10.9. The Bertz CT molecular complexity index is 690. The van der Waals surface area contributed by atoms with Crippen LogP contribution in [-0.4, -0.2) is 42.7 Å². The van der Waals surface area contributed by atoms with Crippen molar-refractivity contribution in [3.63, 3.8) is 0 Å². The summed E-state index contributed by atoms with van der Waals surface area (Å²) < 4.78 is 21.8. The maximum atomic E-state index is 10.9. The van der Waals surface area contributed by atoms with E-state index >= 15 is 0 Å². The van der Waals surface area contributed by atoms with Crippen molar-refractivity contribution >= 4 is 5.97 Å². The lowest BCUT2D eigenvalue weighted by atomic mass is 10.1. The van der Waals surface area contributed by atoms with Gasteiger partial charge in [0.05, 0.1) is 13.7 Å². The molecule has 0 aliphatic carbocycles. The van der Waals surface area contributed by atoms with E-state index in [2.05, 4.69) is 5.16 Å². The zero-order valence-electron chi connectivity index (χ0n) is 12.7. The monoisotopic (exact) mass is 319 g/mol. The molecule has 1 aliphatic rings. The van der Waals surface area contributed by atoms with Crippen molar-refractivity contribution in [2.45, 2.75) is 18.9 Å². The molecule has 7 heteroatoms. The van der Waals surface area contributed by atoms with Gasteiger partial charge in [0.2, 0.25) is 0 Å². The summed E-state index contributed by atoms with van der Waals surface area (Å²) in [6, 6.07) is 6.63. The number of hydrogen-bond acceptors (Lipinski definition) is 6. The van der Waals surface area contributed by atoms with Crippen molar-refractivity contribution in [1.82, 2.24) is 5.16 Å². The van der Waals surface area contributed by atoms with Crippen LogP contribution < -0.4 is 9.47 Å². The Morgan fingerprint density at radius 3 is 2.87 bits per heavy atom. The van der Waals surface area contributed by atoms with Crippen molar-refractivity contribution in [3.05, 3.63) is 30.0 Å². The van der Waals surface area contributed by atoms with Crippen molar-refractivity contribution in [3.8, 4) is 22.8 Å². The maximum Gasteiger partial charge on any atom is 0.358 e. The van der Waals surface area contributed by atoms with Crippen molar-refractivity contribution in [2.75, 3.05) is 20.3 Å². The van der Waals surface area contributed by atoms with Gasteiger partial charge in [0.15, 0.2) is 23.0 Å². The number of rotatable bonds is 5. The molecule has 1 N–H and O–H groups in total. The molecular weight excluding hydrogens is 302 g/mol. The van der Waals surface area contributed by atoms with Crippen molar-refractivity contribution in [1.29, 1.82) is 0 Å². The van der Waals surface area contributed by atoms with Gasteiger partial charge in [0.25, 0.3) is 0 Å². The van der Waals surface area contributed by atoms with Gasteiger partial charge in [-0.05, 0) is 31.0 Å². The fraction of sp³-hybridized carbons (Fsp3) is 0.375. The van der Waals surface area contributed by atoms with E-state index in [0.717, 1.165) is 19.4 Å². The van der Waals surface area contributed by atoms with Gasteiger partial charge < -0.3 is 23.8 Å². The van der Waals surface area contributed by atoms with Gasteiger partial charge in [-0.2, -0.15) is 0 Å². The molecule has 3 rings (SSSR count). The molecule has 2 heterocycles. The van der Waals surface area contributed by atoms with Crippen LogP contribution in [-0.2, 0) is 4.74 Å². The van der Waals surface area contributed by atoms with Crippen LogP contribution >= 0.6 is 0 Å². The Hall–Kier alpha value is -2.54. The average molecular weight is 319 g/mol. The van der Waals surface area contributed by atoms with E-state index in [4.69, 9.17) is 23.8 Å². The third-order valence-corrected chi connectivity index (χ3v) is 3.59. The molecule has 1 saturated heterocycles. The molecule has 1 fully saturated rings. The molecule has 23 heavy (non-hydrogen) atoms. The quantitative estimate of drug-likeness (QED) is 0.905. The number of carboxylic acids is 1. The number of aromatic nitrogens is 1. The molecule has 1 aromatic carbocycles. The third-order valence-electron chi connectivity index (χ3n) is 3.59. The summed E-state index contributed by atoms with van der Waals surface area (Å²) in [5.41, 5.74) is 0.525. The SMILES string of the molecule is COc1ccc(-c2cc(C(=O)O)no2)cc1OC1CCCOC1. The standard InChI is InChI=1S/C16H17NO6/c1-20-13-5-4-10(14-8-12(16(18)19)17-23-14)7-15(13)22-11-3-2-6-21-9-11/h4-5,7-8,11H,2-3,6,9H2,1H3,(H,18,19). The fourth-order valence-corrected chi connectivity index (χ4v) is 2.42. The molecule has 7 nitrogen and oxygen atoms in total. The Morgan fingerprint density at radius 2 is 2.22 bits per heavy atom. The molecule has 1 aromatic heterocycles. The minimum absolute atomic E-state index is 0.0304. The largest absolute Gasteiger partial charge is 0.493 e. The van der Waals surface area contributed by atoms with Crippen LogP contribution in [0.1, 0.15) is 23.3 Å². The number of aromatic carboxylic acids is 1. The number of hydrogen-bond donors (Lipinski definition) is 1. The molecule has 0 amide bonds. The lowest BCUT2D eigenvalue weighted by molar-refractivity contribution is 0.00646. The number of methoxy groups -OCH3 is 1. The number of carboxylic acid groups (broad SMARTS) is 1. The van der Waals surface area contributed by atoms with Gasteiger partial charge in [-0.1, -0.05) is 5.16 Å². The van der Waals surface area contributed by atoms with E-state index in [9.17, 15) is 4.79 Å². The summed E-state index contributed by atoms with van der Waals surface area (Å²) in [6.07, 6.45) is 1.84. The highest BCUT2D eigenvalue weighted by Gasteiger charge is 2.19. The number of ether oxygens (including phenoxy) is 3. The topological polar surface area (TPSA) is 91.0 Å². The predicted molar refractivity (Wildman–Crippen MR) is 79.9 cm³/mol. The second kappa shape index (κ2) is 6.70. The lowest BCUT2D eigenvalue weighted by Gasteiger charge is -2.24. The molecular formula is C16H17NO6. The normalized spacial score (nSPS) is 17.7. The first-order chi connectivity index (χ1) is 11.2. The molecule has 1 aliphatic heterocycles. The molecule has 1 atom stereocenters. The first-order valence-electron chi connectivity index (χ1n) is 7.30. The number of nitrogens with zero attached hydrogens (tertiary/aromatic N) is 1. The number of benzene rings is 1. The minimum atomic E-state index is -1.13. The van der Waals surface area contributed by atoms with Crippen LogP contribution in [0.2, 0.25) is 0 Å². The zero-order valence-corrected chi connectivity index (χ0v) is 12.7. The molecule has 1 unspecified atom stereocenters. The summed E-state index contributed by atoms with van der Waals surface area (Å²) in [6.45, 7) is 1.30. The van der Waals surface area contributed by atoms with Crippen LogP contribution in [0, 0.1) is 0 Å². The summed E-state index contributed by atoms with van der Waals surface area (Å²) >= 11 is 0. The maximum absolute atomic E-state index is 10.9. The van der Waals surface area contributed by atoms with Crippen LogP contribution in [0.4, 0.5) is 0 Å². The van der Waals surface area contributed by atoms with Crippen molar-refractivity contribution < 1.29 is 28.6 Å². The molecule has 0 saturated carbocycles. The van der Waals surface area contributed by atoms with Crippen LogP contribution in [0.25, 0.3) is 11.3 Å². The van der Waals surface area contributed by atoms with E-state index in [0.29, 0.717) is 29.4 Å². The van der Waals surface area contributed by atoms with E-state index in [1.807, 2.05) is 0 Å². The highest BCUT2D eigenvalue weighted by molar-refractivity contribution is 5.86. The van der Waals surface area contributed by atoms with E-state index in [1.54, 1.807) is 25.3 Å². The van der Waals surface area contributed by atoms with Gasteiger partial charge in [-0.3, -0.25) is 0 Å². The number of carbonyl (C=O) groups is 1. The van der Waals surface area contributed by atoms with Gasteiger partial charge in [-0.25, -0.2) is 4.79 Å². The van der Waals surface area contributed by atoms with Gasteiger partial charge in [-0.15, -0.1) is 0 Å². The second-order valence-corrected chi connectivity index (χ2v) is 5.20. The Morgan fingerprint density at radius 1 is 1.35 bits per heavy atom. The summed E-state index contributed by atoms with van der Waals surface area (Å²) in [5.74, 6) is 0.380. The molecule has 122 valence electrons. The average Bonchev–Trinajstić information content (AvgIpc) is 3.06. The zero-order chi connectivity index (χ0) is 16.2. The van der Waals surface area contributed by atoms with Gasteiger partial charge in [0.1, 0.15) is 6.10 Å². The van der Waals surface area contributed by atoms with Crippen LogP contribution in [0.3, 0.4) is 0 Å².